The molecule has 8 heteroatoms. The number of hydrogen-bond donors (Lipinski definition) is 1. The van der Waals surface area contributed by atoms with E-state index in [0.29, 0.717) is 34.2 Å². The molecule has 1 unspecified atom stereocenters. The fraction of sp³-hybridized carbons (Fsp3) is 0.316. The van der Waals surface area contributed by atoms with Gasteiger partial charge in [0.15, 0.2) is 0 Å². The van der Waals surface area contributed by atoms with Crippen LogP contribution in [0.1, 0.15) is 30.1 Å². The molecule has 1 atom stereocenters. The highest BCUT2D eigenvalue weighted by Gasteiger charge is 2.17. The monoisotopic (exact) mass is 408 g/mol. The summed E-state index contributed by atoms with van der Waals surface area (Å²) in [5.41, 5.74) is 1.79. The van der Waals surface area contributed by atoms with E-state index in [1.165, 1.54) is 17.4 Å². The molecule has 0 aliphatic rings. The summed E-state index contributed by atoms with van der Waals surface area (Å²) in [4.78, 5) is 5.17. The Hall–Kier alpha value is -2.03. The Bertz CT molecular complexity index is 966. The average Bonchev–Trinajstić information content (AvgIpc) is 3.14. The third-order valence-corrected chi connectivity index (χ3v) is 5.58. The molecule has 3 aromatic rings. The molecule has 2 aromatic heterocycles. The second-order valence-electron chi connectivity index (χ2n) is 6.72. The van der Waals surface area contributed by atoms with Gasteiger partial charge in [0.2, 0.25) is 5.06 Å². The molecule has 1 aromatic carbocycles. The maximum Gasteiger partial charge on any atom is 0.358 e. The van der Waals surface area contributed by atoms with E-state index in [4.69, 9.17) is 8.74 Å². The van der Waals surface area contributed by atoms with Crippen molar-refractivity contribution >= 4 is 22.7 Å². The molecule has 2 heterocycles. The minimum Gasteiger partial charge on any atom is -0.368 e. The number of benzene rings is 1. The van der Waals surface area contributed by atoms with Crippen molar-refractivity contribution in [3.8, 4) is 16.2 Å². The van der Waals surface area contributed by atoms with Crippen LogP contribution in [0.2, 0.25) is 0 Å². The van der Waals surface area contributed by atoms with E-state index in [1.807, 2.05) is 23.8 Å². The first-order valence-electron chi connectivity index (χ1n) is 8.52. The molecule has 0 saturated heterocycles. The lowest BCUT2D eigenvalue weighted by molar-refractivity contribution is 0.464. The Morgan fingerprint density at radius 3 is 2.74 bits per heavy atom. The molecular formula is C19H21FN2O3S2. The highest BCUT2D eigenvalue weighted by Crippen LogP contribution is 2.40. The van der Waals surface area contributed by atoms with E-state index in [2.05, 4.69) is 18.8 Å². The SMILES string of the molecule is Cc1nccn1Cc1ccc(-c2cc(CC(C)C)sc2OS(=O)O)cc1F. The minimum absolute atomic E-state index is 0.323. The molecule has 0 aliphatic heterocycles. The highest BCUT2D eigenvalue weighted by molar-refractivity contribution is 7.74. The number of rotatable bonds is 7. The van der Waals surface area contributed by atoms with Gasteiger partial charge in [0, 0.05) is 28.4 Å². The number of hydrogen-bond acceptors (Lipinski definition) is 4. The first-order chi connectivity index (χ1) is 12.8. The molecule has 0 radical (unpaired) electrons. The van der Waals surface area contributed by atoms with Gasteiger partial charge in [0.25, 0.3) is 0 Å². The second-order valence-corrected chi connectivity index (χ2v) is 8.42. The first kappa shape index (κ1) is 19.7. The summed E-state index contributed by atoms with van der Waals surface area (Å²) in [6.07, 6.45) is 4.31. The largest absolute Gasteiger partial charge is 0.368 e. The van der Waals surface area contributed by atoms with Gasteiger partial charge < -0.3 is 8.75 Å². The van der Waals surface area contributed by atoms with E-state index in [1.54, 1.807) is 18.3 Å². The Morgan fingerprint density at radius 1 is 1.37 bits per heavy atom. The number of aromatic nitrogens is 2. The fourth-order valence-corrected chi connectivity index (χ4v) is 4.50. The summed E-state index contributed by atoms with van der Waals surface area (Å²) in [6.45, 7) is 6.45. The average molecular weight is 409 g/mol. The van der Waals surface area contributed by atoms with Crippen LogP contribution < -0.4 is 4.18 Å². The number of imidazole rings is 1. The van der Waals surface area contributed by atoms with Crippen molar-refractivity contribution in [1.82, 2.24) is 9.55 Å². The van der Waals surface area contributed by atoms with Crippen molar-refractivity contribution in [3.05, 3.63) is 58.7 Å². The Morgan fingerprint density at radius 2 is 2.15 bits per heavy atom. The highest BCUT2D eigenvalue weighted by atomic mass is 32.2. The van der Waals surface area contributed by atoms with Gasteiger partial charge in [0.05, 0.1) is 6.54 Å². The van der Waals surface area contributed by atoms with E-state index in [0.717, 1.165) is 17.1 Å². The predicted octanol–water partition coefficient (Wildman–Crippen LogP) is 4.82. The number of halogens is 1. The summed E-state index contributed by atoms with van der Waals surface area (Å²) in [5, 5.41) is 0.323. The van der Waals surface area contributed by atoms with Crippen molar-refractivity contribution in [2.45, 2.75) is 33.7 Å². The van der Waals surface area contributed by atoms with Gasteiger partial charge >= 0.3 is 11.4 Å². The van der Waals surface area contributed by atoms with Gasteiger partial charge in [-0.2, -0.15) is 4.21 Å². The summed E-state index contributed by atoms with van der Waals surface area (Å²) >= 11 is -1.11. The van der Waals surface area contributed by atoms with E-state index in [-0.39, 0.29) is 5.82 Å². The van der Waals surface area contributed by atoms with Crippen molar-refractivity contribution in [2.24, 2.45) is 5.92 Å². The number of nitrogens with zero attached hydrogens (tertiary/aromatic N) is 2. The van der Waals surface area contributed by atoms with Crippen LogP contribution >= 0.6 is 11.3 Å². The van der Waals surface area contributed by atoms with Crippen LogP contribution in [0.15, 0.2) is 36.7 Å². The van der Waals surface area contributed by atoms with Crippen molar-refractivity contribution < 1.29 is 17.3 Å². The van der Waals surface area contributed by atoms with Crippen LogP contribution in [-0.4, -0.2) is 18.3 Å². The fourth-order valence-electron chi connectivity index (χ4n) is 2.85. The van der Waals surface area contributed by atoms with Crippen LogP contribution in [0, 0.1) is 18.7 Å². The molecule has 0 aliphatic carbocycles. The molecule has 27 heavy (non-hydrogen) atoms. The Kier molecular flexibility index (Phi) is 6.08. The smallest absolute Gasteiger partial charge is 0.358 e. The van der Waals surface area contributed by atoms with Gasteiger partial charge in [0.1, 0.15) is 11.6 Å². The predicted molar refractivity (Wildman–Crippen MR) is 106 cm³/mol. The van der Waals surface area contributed by atoms with E-state index >= 15 is 0 Å². The zero-order valence-electron chi connectivity index (χ0n) is 15.3. The molecule has 0 bridgehead atoms. The topological polar surface area (TPSA) is 64.4 Å². The van der Waals surface area contributed by atoms with Crippen LogP contribution in [-0.2, 0) is 24.3 Å². The quantitative estimate of drug-likeness (QED) is 0.569. The van der Waals surface area contributed by atoms with Gasteiger partial charge in [-0.1, -0.05) is 26.0 Å². The second kappa shape index (κ2) is 8.33. The molecule has 1 N–H and O–H groups in total. The van der Waals surface area contributed by atoms with Crippen molar-refractivity contribution in [2.75, 3.05) is 0 Å². The number of aryl methyl sites for hydroxylation is 1. The lowest BCUT2D eigenvalue weighted by atomic mass is 10.0. The Balaban J connectivity index is 1.93. The Labute approximate surface area is 164 Å². The molecule has 0 amide bonds. The van der Waals surface area contributed by atoms with Crippen LogP contribution in [0.25, 0.3) is 11.1 Å². The van der Waals surface area contributed by atoms with Crippen LogP contribution in [0.4, 0.5) is 4.39 Å². The zero-order valence-corrected chi connectivity index (χ0v) is 16.9. The van der Waals surface area contributed by atoms with Crippen molar-refractivity contribution in [3.63, 3.8) is 0 Å². The molecule has 3 rings (SSSR count). The standard InChI is InChI=1S/C19H21FN2O3S2/c1-12(2)8-16-10-17(19(26-16)25-27(23)24)14-4-5-15(18(20)9-14)11-22-7-6-21-13(22)3/h4-7,9-10,12H,8,11H2,1-3H3,(H,23,24). The van der Waals surface area contributed by atoms with Crippen LogP contribution in [0.3, 0.4) is 0 Å². The van der Waals surface area contributed by atoms with Gasteiger partial charge in [-0.25, -0.2) is 9.37 Å². The number of thiophene rings is 1. The van der Waals surface area contributed by atoms with Crippen molar-refractivity contribution in [1.29, 1.82) is 0 Å². The first-order valence-corrected chi connectivity index (χ1v) is 10.4. The van der Waals surface area contributed by atoms with Gasteiger partial charge in [-0.15, -0.1) is 11.3 Å². The third kappa shape index (κ3) is 4.82. The molecule has 0 fully saturated rings. The van der Waals surface area contributed by atoms with Gasteiger partial charge in [-0.3, -0.25) is 4.55 Å². The maximum absolute atomic E-state index is 14.7. The van der Waals surface area contributed by atoms with Gasteiger partial charge in [-0.05, 0) is 37.0 Å². The lowest BCUT2D eigenvalue weighted by Crippen LogP contribution is -2.03. The van der Waals surface area contributed by atoms with E-state index in [9.17, 15) is 8.60 Å². The summed E-state index contributed by atoms with van der Waals surface area (Å²) in [7, 11) is 0. The molecule has 144 valence electrons. The summed E-state index contributed by atoms with van der Waals surface area (Å²) in [6, 6.07) is 6.87. The normalized spacial score (nSPS) is 12.5. The summed E-state index contributed by atoms with van der Waals surface area (Å²) in [5.74, 6) is 0.908. The molecule has 5 nitrogen and oxygen atoms in total. The molecule has 0 saturated carbocycles. The third-order valence-electron chi connectivity index (χ3n) is 4.13. The summed E-state index contributed by atoms with van der Waals surface area (Å²) < 4.78 is 41.8. The maximum atomic E-state index is 14.7. The zero-order chi connectivity index (χ0) is 19.6. The minimum atomic E-state index is -2.43. The molecular weight excluding hydrogens is 387 g/mol. The van der Waals surface area contributed by atoms with Crippen LogP contribution in [0.5, 0.6) is 5.06 Å². The lowest BCUT2D eigenvalue weighted by Gasteiger charge is -2.09. The molecule has 0 spiro atoms. The van der Waals surface area contributed by atoms with E-state index < -0.39 is 11.4 Å².